The van der Waals surface area contributed by atoms with Gasteiger partial charge in [0.25, 0.3) is 0 Å². The molecule has 0 aliphatic rings. The van der Waals surface area contributed by atoms with Crippen LogP contribution in [0, 0.1) is 5.82 Å². The van der Waals surface area contributed by atoms with E-state index in [1.165, 1.54) is 7.05 Å². The molecule has 0 bridgehead atoms. The summed E-state index contributed by atoms with van der Waals surface area (Å²) in [5.41, 5.74) is 1.33. The van der Waals surface area contributed by atoms with Crippen LogP contribution in [0.1, 0.15) is 11.6 Å². The maximum absolute atomic E-state index is 13.4. The molecule has 7 heteroatoms. The molecule has 0 aliphatic heterocycles. The van der Waals surface area contributed by atoms with Gasteiger partial charge in [-0.25, -0.2) is 4.39 Å². The normalized spacial score (nSPS) is 12.2. The van der Waals surface area contributed by atoms with E-state index in [1.807, 2.05) is 0 Å². The van der Waals surface area contributed by atoms with Crippen LogP contribution in [0.4, 0.5) is 4.39 Å². The first-order chi connectivity index (χ1) is 7.51. The summed E-state index contributed by atoms with van der Waals surface area (Å²) in [7, 11) is 1.31. The first-order valence-corrected chi connectivity index (χ1v) is 4.33. The summed E-state index contributed by atoms with van der Waals surface area (Å²) in [6, 6.07) is 0.141. The van der Waals surface area contributed by atoms with E-state index >= 15 is 0 Å². The van der Waals surface area contributed by atoms with Crippen LogP contribution in [0.3, 0.4) is 0 Å². The number of phenolic OH excluding ortho intramolecular Hbond substituents is 2. The molecule has 1 unspecified atom stereocenters. The molecular formula is C9H11FN2O4. The van der Waals surface area contributed by atoms with Crippen molar-refractivity contribution in [3.05, 3.63) is 23.5 Å². The minimum atomic E-state index is -1.36. The Bertz CT molecular complexity index is 411. The fraction of sp³-hybridized carbons (Fsp3) is 0.222. The van der Waals surface area contributed by atoms with Crippen molar-refractivity contribution in [3.8, 4) is 11.5 Å². The molecule has 0 aromatic heterocycles. The molecule has 1 amide bonds. The van der Waals surface area contributed by atoms with Crippen LogP contribution in [0.2, 0.25) is 0 Å². The topological polar surface area (TPSA) is 102 Å². The molecule has 1 aromatic carbocycles. The maximum atomic E-state index is 13.4. The molecule has 0 spiro atoms. The zero-order chi connectivity index (χ0) is 12.3. The number of hydroxylamine groups is 1. The van der Waals surface area contributed by atoms with E-state index in [-0.39, 0.29) is 5.56 Å². The van der Waals surface area contributed by atoms with Crippen molar-refractivity contribution < 1.29 is 24.6 Å². The number of rotatable bonds is 3. The van der Waals surface area contributed by atoms with Crippen molar-refractivity contribution in [2.45, 2.75) is 6.04 Å². The Labute approximate surface area is 90.3 Å². The lowest BCUT2D eigenvalue weighted by Crippen LogP contribution is -2.34. The molecule has 5 N–H and O–H groups in total. The Kier molecular flexibility index (Phi) is 3.64. The average molecular weight is 230 g/mol. The summed E-state index contributed by atoms with van der Waals surface area (Å²) in [5, 5.41) is 29.1. The number of amides is 1. The zero-order valence-corrected chi connectivity index (χ0v) is 8.36. The molecule has 16 heavy (non-hydrogen) atoms. The van der Waals surface area contributed by atoms with Crippen LogP contribution in [-0.2, 0) is 4.79 Å². The van der Waals surface area contributed by atoms with E-state index in [9.17, 15) is 9.18 Å². The Morgan fingerprint density at radius 1 is 1.38 bits per heavy atom. The summed E-state index contributed by atoms with van der Waals surface area (Å²) in [6.07, 6.45) is 0. The highest BCUT2D eigenvalue weighted by molar-refractivity contribution is 5.83. The van der Waals surface area contributed by atoms with Gasteiger partial charge in [0.1, 0.15) is 11.9 Å². The minimum Gasteiger partial charge on any atom is -0.504 e. The molecule has 1 aromatic rings. The van der Waals surface area contributed by atoms with Gasteiger partial charge in [-0.05, 0) is 6.07 Å². The first kappa shape index (κ1) is 12.2. The second-order valence-corrected chi connectivity index (χ2v) is 3.04. The SMILES string of the molecule is CNC(=O)C(NO)c1cc(O)c(O)cc1F. The summed E-state index contributed by atoms with van der Waals surface area (Å²) in [5.74, 6) is -2.84. The van der Waals surface area contributed by atoms with Gasteiger partial charge in [0.05, 0.1) is 0 Å². The Morgan fingerprint density at radius 3 is 2.44 bits per heavy atom. The standard InChI is InChI=1S/C9H11FN2O4/c1-11-9(15)8(12-16)4-2-6(13)7(14)3-5(4)10/h2-3,8,12-14,16H,1H3,(H,11,15). The minimum absolute atomic E-state index is 0.280. The van der Waals surface area contributed by atoms with Gasteiger partial charge >= 0.3 is 0 Å². The van der Waals surface area contributed by atoms with Crippen molar-refractivity contribution in [1.29, 1.82) is 0 Å². The van der Waals surface area contributed by atoms with Gasteiger partial charge in [0, 0.05) is 18.7 Å². The molecule has 0 aliphatic carbocycles. The summed E-state index contributed by atoms with van der Waals surface area (Å²) in [4.78, 5) is 11.2. The largest absolute Gasteiger partial charge is 0.504 e. The number of nitrogens with one attached hydrogen (secondary N) is 2. The van der Waals surface area contributed by atoms with Crippen LogP contribution in [-0.4, -0.2) is 28.4 Å². The van der Waals surface area contributed by atoms with E-state index in [4.69, 9.17) is 15.4 Å². The fourth-order valence-corrected chi connectivity index (χ4v) is 1.20. The smallest absolute Gasteiger partial charge is 0.243 e. The van der Waals surface area contributed by atoms with Crippen molar-refractivity contribution in [3.63, 3.8) is 0 Å². The number of halogens is 1. The van der Waals surface area contributed by atoms with Gasteiger partial charge in [-0.15, -0.1) is 0 Å². The molecule has 0 radical (unpaired) electrons. The van der Waals surface area contributed by atoms with Gasteiger partial charge in [-0.3, -0.25) is 4.79 Å². The second-order valence-electron chi connectivity index (χ2n) is 3.04. The van der Waals surface area contributed by atoms with Crippen LogP contribution >= 0.6 is 0 Å². The molecule has 0 saturated carbocycles. The van der Waals surface area contributed by atoms with Crippen molar-refractivity contribution in [2.24, 2.45) is 0 Å². The maximum Gasteiger partial charge on any atom is 0.243 e. The van der Waals surface area contributed by atoms with Gasteiger partial charge < -0.3 is 20.7 Å². The van der Waals surface area contributed by atoms with Crippen LogP contribution in [0.15, 0.2) is 12.1 Å². The lowest BCUT2D eigenvalue weighted by Gasteiger charge is -2.15. The van der Waals surface area contributed by atoms with Crippen LogP contribution < -0.4 is 10.8 Å². The van der Waals surface area contributed by atoms with Crippen molar-refractivity contribution >= 4 is 5.91 Å². The number of benzene rings is 1. The molecule has 0 fully saturated rings. The Morgan fingerprint density at radius 2 is 1.94 bits per heavy atom. The van der Waals surface area contributed by atoms with E-state index in [0.717, 1.165) is 6.07 Å². The fourth-order valence-electron chi connectivity index (χ4n) is 1.20. The highest BCUT2D eigenvalue weighted by atomic mass is 19.1. The lowest BCUT2D eigenvalue weighted by atomic mass is 10.1. The van der Waals surface area contributed by atoms with Gasteiger partial charge in [0.2, 0.25) is 5.91 Å². The van der Waals surface area contributed by atoms with Crippen molar-refractivity contribution in [1.82, 2.24) is 10.8 Å². The lowest BCUT2D eigenvalue weighted by molar-refractivity contribution is -0.125. The Balaban J connectivity index is 3.20. The summed E-state index contributed by atoms with van der Waals surface area (Å²) >= 11 is 0. The van der Waals surface area contributed by atoms with Crippen LogP contribution in [0.25, 0.3) is 0 Å². The molecule has 88 valence electrons. The first-order valence-electron chi connectivity index (χ1n) is 4.33. The van der Waals surface area contributed by atoms with E-state index in [1.54, 1.807) is 5.48 Å². The number of aromatic hydroxyl groups is 2. The molecule has 1 rings (SSSR count). The highest BCUT2D eigenvalue weighted by Gasteiger charge is 2.23. The van der Waals surface area contributed by atoms with Crippen LogP contribution in [0.5, 0.6) is 11.5 Å². The third-order valence-corrected chi connectivity index (χ3v) is 2.04. The van der Waals surface area contributed by atoms with E-state index in [2.05, 4.69) is 5.32 Å². The third-order valence-electron chi connectivity index (χ3n) is 2.04. The predicted octanol–water partition coefficient (Wildman–Crippen LogP) is 0.00280. The third kappa shape index (κ3) is 2.20. The highest BCUT2D eigenvalue weighted by Crippen LogP contribution is 2.30. The van der Waals surface area contributed by atoms with Crippen molar-refractivity contribution in [2.75, 3.05) is 7.05 Å². The molecular weight excluding hydrogens is 219 g/mol. The number of likely N-dealkylation sites (N-methyl/N-ethyl adjacent to an activating group) is 1. The second kappa shape index (κ2) is 4.77. The van der Waals surface area contributed by atoms with Gasteiger partial charge in [0.15, 0.2) is 11.5 Å². The van der Waals surface area contributed by atoms with Gasteiger partial charge in [-0.1, -0.05) is 0 Å². The van der Waals surface area contributed by atoms with E-state index in [0.29, 0.717) is 6.07 Å². The monoisotopic (exact) mass is 230 g/mol. The molecule has 6 nitrogen and oxygen atoms in total. The summed E-state index contributed by atoms with van der Waals surface area (Å²) < 4.78 is 13.4. The summed E-state index contributed by atoms with van der Waals surface area (Å²) in [6.45, 7) is 0. The number of hydrogen-bond donors (Lipinski definition) is 5. The predicted molar refractivity (Wildman–Crippen MR) is 51.5 cm³/mol. The number of carbonyl (C=O) groups excluding carboxylic acids is 1. The number of hydrogen-bond acceptors (Lipinski definition) is 5. The number of phenols is 2. The average Bonchev–Trinajstić information content (AvgIpc) is 2.26. The molecule has 1 atom stereocenters. The van der Waals surface area contributed by atoms with E-state index < -0.39 is 29.3 Å². The number of carbonyl (C=O) groups is 1. The van der Waals surface area contributed by atoms with Gasteiger partial charge in [-0.2, -0.15) is 5.48 Å². The molecule has 0 saturated heterocycles. The Hall–Kier alpha value is -1.86. The zero-order valence-electron chi connectivity index (χ0n) is 8.36. The quantitative estimate of drug-likeness (QED) is 0.371. The molecule has 0 heterocycles.